The molecule has 0 radical (unpaired) electrons. The van der Waals surface area contributed by atoms with Crippen molar-refractivity contribution in [2.24, 2.45) is 11.7 Å². The monoisotopic (exact) mass is 244 g/mol. The normalized spacial score (nSPS) is 24.5. The molecule has 0 bridgehead atoms. The molecular weight excluding hydrogens is 220 g/mol. The SMILES string of the molecule is CCC(C)C(N)C(=O)N1CCOC(COC)C1. The van der Waals surface area contributed by atoms with Crippen LogP contribution in [0, 0.1) is 5.92 Å². The highest BCUT2D eigenvalue weighted by Gasteiger charge is 2.29. The Hall–Kier alpha value is -0.650. The van der Waals surface area contributed by atoms with Crippen molar-refractivity contribution in [3.8, 4) is 0 Å². The van der Waals surface area contributed by atoms with Crippen LogP contribution in [0.3, 0.4) is 0 Å². The summed E-state index contributed by atoms with van der Waals surface area (Å²) in [6.07, 6.45) is 0.889. The number of nitrogens with two attached hydrogens (primary N) is 1. The van der Waals surface area contributed by atoms with Crippen molar-refractivity contribution < 1.29 is 14.3 Å². The second-order valence-corrected chi connectivity index (χ2v) is 4.64. The molecule has 1 aliphatic rings. The fraction of sp³-hybridized carbons (Fsp3) is 0.917. The molecule has 1 fully saturated rings. The summed E-state index contributed by atoms with van der Waals surface area (Å²) in [5, 5.41) is 0. The largest absolute Gasteiger partial charge is 0.382 e. The van der Waals surface area contributed by atoms with Gasteiger partial charge in [0.25, 0.3) is 0 Å². The standard InChI is InChI=1S/C12H24N2O3/c1-4-9(2)11(13)12(15)14-5-6-17-10(7-14)8-16-3/h9-11H,4-8,13H2,1-3H3. The van der Waals surface area contributed by atoms with Gasteiger partial charge in [0.15, 0.2) is 0 Å². The molecule has 0 aromatic carbocycles. The molecule has 0 aliphatic carbocycles. The maximum atomic E-state index is 12.2. The van der Waals surface area contributed by atoms with Crippen LogP contribution in [0.25, 0.3) is 0 Å². The molecule has 1 aliphatic heterocycles. The Morgan fingerprint density at radius 3 is 2.94 bits per heavy atom. The summed E-state index contributed by atoms with van der Waals surface area (Å²) in [5.41, 5.74) is 5.96. The third kappa shape index (κ3) is 3.94. The first-order valence-electron chi connectivity index (χ1n) is 6.25. The molecule has 3 atom stereocenters. The smallest absolute Gasteiger partial charge is 0.239 e. The third-order valence-electron chi connectivity index (χ3n) is 3.35. The molecule has 2 N–H and O–H groups in total. The molecule has 17 heavy (non-hydrogen) atoms. The number of nitrogens with zero attached hydrogens (tertiary/aromatic N) is 1. The fourth-order valence-corrected chi connectivity index (χ4v) is 1.91. The summed E-state index contributed by atoms with van der Waals surface area (Å²) < 4.78 is 10.5. The summed E-state index contributed by atoms with van der Waals surface area (Å²) in [4.78, 5) is 13.9. The molecule has 0 aromatic rings. The zero-order chi connectivity index (χ0) is 12.8. The van der Waals surface area contributed by atoms with Crippen LogP contribution in [0.15, 0.2) is 0 Å². The van der Waals surface area contributed by atoms with Gasteiger partial charge in [0.1, 0.15) is 0 Å². The van der Waals surface area contributed by atoms with E-state index in [-0.39, 0.29) is 17.9 Å². The first-order valence-corrected chi connectivity index (χ1v) is 6.25. The quantitative estimate of drug-likeness (QED) is 0.752. The molecular formula is C12H24N2O3. The molecule has 0 spiro atoms. The molecule has 1 amide bonds. The van der Waals surface area contributed by atoms with Crippen LogP contribution in [0.2, 0.25) is 0 Å². The molecule has 1 rings (SSSR count). The van der Waals surface area contributed by atoms with Crippen LogP contribution in [-0.4, -0.2) is 56.4 Å². The molecule has 1 saturated heterocycles. The van der Waals surface area contributed by atoms with E-state index in [0.29, 0.717) is 26.3 Å². The van der Waals surface area contributed by atoms with Crippen molar-refractivity contribution in [2.45, 2.75) is 32.4 Å². The Bertz CT molecular complexity index is 246. The maximum Gasteiger partial charge on any atom is 0.239 e. The lowest BCUT2D eigenvalue weighted by molar-refractivity contribution is -0.143. The summed E-state index contributed by atoms with van der Waals surface area (Å²) >= 11 is 0. The van der Waals surface area contributed by atoms with Crippen molar-refractivity contribution in [2.75, 3.05) is 33.4 Å². The number of methoxy groups -OCH3 is 1. The predicted molar refractivity (Wildman–Crippen MR) is 65.6 cm³/mol. The number of rotatable bonds is 5. The van der Waals surface area contributed by atoms with E-state index in [1.54, 1.807) is 12.0 Å². The van der Waals surface area contributed by atoms with Crippen LogP contribution < -0.4 is 5.73 Å². The lowest BCUT2D eigenvalue weighted by atomic mass is 9.98. The Balaban J connectivity index is 2.51. The lowest BCUT2D eigenvalue weighted by Gasteiger charge is -2.35. The van der Waals surface area contributed by atoms with Gasteiger partial charge in [-0.3, -0.25) is 4.79 Å². The summed E-state index contributed by atoms with van der Waals surface area (Å²) in [6, 6.07) is -0.402. The minimum absolute atomic E-state index is 0.0261. The van der Waals surface area contributed by atoms with Gasteiger partial charge in [-0.1, -0.05) is 20.3 Å². The first-order chi connectivity index (χ1) is 8.10. The third-order valence-corrected chi connectivity index (χ3v) is 3.35. The molecule has 0 saturated carbocycles. The molecule has 5 heteroatoms. The van der Waals surface area contributed by atoms with E-state index in [1.807, 2.05) is 13.8 Å². The van der Waals surface area contributed by atoms with Crippen molar-refractivity contribution in [3.63, 3.8) is 0 Å². The van der Waals surface area contributed by atoms with Crippen molar-refractivity contribution in [1.82, 2.24) is 4.90 Å². The van der Waals surface area contributed by atoms with Gasteiger partial charge >= 0.3 is 0 Å². The Morgan fingerprint density at radius 2 is 2.35 bits per heavy atom. The van der Waals surface area contributed by atoms with Crippen LogP contribution in [0.5, 0.6) is 0 Å². The highest BCUT2D eigenvalue weighted by molar-refractivity contribution is 5.82. The molecule has 3 unspecified atom stereocenters. The summed E-state index contributed by atoms with van der Waals surface area (Å²) in [5.74, 6) is 0.245. The van der Waals surface area contributed by atoms with Crippen molar-refractivity contribution >= 4 is 5.91 Å². The number of hydrogen-bond donors (Lipinski definition) is 1. The van der Waals surface area contributed by atoms with Crippen LogP contribution >= 0.6 is 0 Å². The van der Waals surface area contributed by atoms with Gasteiger partial charge in [0.05, 0.1) is 25.4 Å². The minimum Gasteiger partial charge on any atom is -0.382 e. The van der Waals surface area contributed by atoms with E-state index in [9.17, 15) is 4.79 Å². The molecule has 100 valence electrons. The van der Waals surface area contributed by atoms with Gasteiger partial charge in [-0.15, -0.1) is 0 Å². The summed E-state index contributed by atoms with van der Waals surface area (Å²) in [6.45, 7) is 6.34. The molecule has 0 aromatic heterocycles. The van der Waals surface area contributed by atoms with Crippen LogP contribution in [-0.2, 0) is 14.3 Å². The highest BCUT2D eigenvalue weighted by atomic mass is 16.5. The molecule has 1 heterocycles. The lowest BCUT2D eigenvalue weighted by Crippen LogP contribution is -2.53. The van der Waals surface area contributed by atoms with Gasteiger partial charge in [0, 0.05) is 20.2 Å². The number of carbonyl (C=O) groups excluding carboxylic acids is 1. The highest BCUT2D eigenvalue weighted by Crippen LogP contribution is 2.12. The minimum atomic E-state index is -0.402. The van der Waals surface area contributed by atoms with E-state index < -0.39 is 6.04 Å². The van der Waals surface area contributed by atoms with E-state index in [4.69, 9.17) is 15.2 Å². The zero-order valence-electron chi connectivity index (χ0n) is 11.0. The molecule has 5 nitrogen and oxygen atoms in total. The first kappa shape index (κ1) is 14.4. The topological polar surface area (TPSA) is 64.8 Å². The summed E-state index contributed by atoms with van der Waals surface area (Å²) in [7, 11) is 1.63. The Labute approximate surface area is 103 Å². The average Bonchev–Trinajstić information content (AvgIpc) is 2.36. The van der Waals surface area contributed by atoms with Crippen LogP contribution in [0.1, 0.15) is 20.3 Å². The second kappa shape index (κ2) is 6.93. The number of hydrogen-bond acceptors (Lipinski definition) is 4. The number of amides is 1. The maximum absolute atomic E-state index is 12.2. The number of morpholine rings is 1. The Morgan fingerprint density at radius 1 is 1.65 bits per heavy atom. The average molecular weight is 244 g/mol. The van der Waals surface area contributed by atoms with Gasteiger partial charge < -0.3 is 20.1 Å². The van der Waals surface area contributed by atoms with Gasteiger partial charge in [0.2, 0.25) is 5.91 Å². The number of ether oxygens (including phenoxy) is 2. The van der Waals surface area contributed by atoms with E-state index in [1.165, 1.54) is 0 Å². The second-order valence-electron chi connectivity index (χ2n) is 4.64. The van der Waals surface area contributed by atoms with Crippen LogP contribution in [0.4, 0.5) is 0 Å². The number of carbonyl (C=O) groups is 1. The predicted octanol–water partition coefficient (Wildman–Crippen LogP) is 0.234. The Kier molecular flexibility index (Phi) is 5.88. The van der Waals surface area contributed by atoms with Gasteiger partial charge in [-0.2, -0.15) is 0 Å². The van der Waals surface area contributed by atoms with Gasteiger partial charge in [-0.05, 0) is 5.92 Å². The van der Waals surface area contributed by atoms with Crippen molar-refractivity contribution in [3.05, 3.63) is 0 Å². The van der Waals surface area contributed by atoms with E-state index in [2.05, 4.69) is 0 Å². The van der Waals surface area contributed by atoms with E-state index >= 15 is 0 Å². The van der Waals surface area contributed by atoms with Crippen molar-refractivity contribution in [1.29, 1.82) is 0 Å². The zero-order valence-corrected chi connectivity index (χ0v) is 11.0. The van der Waals surface area contributed by atoms with Gasteiger partial charge in [-0.25, -0.2) is 0 Å². The fourth-order valence-electron chi connectivity index (χ4n) is 1.91. The van der Waals surface area contributed by atoms with E-state index in [0.717, 1.165) is 6.42 Å².